The van der Waals surface area contributed by atoms with E-state index in [0.29, 0.717) is 29.6 Å². The van der Waals surface area contributed by atoms with E-state index in [-0.39, 0.29) is 11.9 Å². The molecule has 0 fully saturated rings. The first-order valence-corrected chi connectivity index (χ1v) is 8.47. The zero-order valence-electron chi connectivity index (χ0n) is 13.4. The van der Waals surface area contributed by atoms with Crippen molar-refractivity contribution in [2.75, 3.05) is 6.61 Å². The van der Waals surface area contributed by atoms with Gasteiger partial charge in [0.2, 0.25) is 5.91 Å². The van der Waals surface area contributed by atoms with Gasteiger partial charge in [0.15, 0.2) is 0 Å². The maximum Gasteiger partial charge on any atom is 0.244 e. The van der Waals surface area contributed by atoms with E-state index in [1.54, 1.807) is 12.1 Å². The number of carbonyl (C=O) groups excluding carboxylic acids is 1. The Hall–Kier alpha value is -2.72. The molecule has 1 aromatic heterocycles. The number of nitrogens with one attached hydrogen (secondary N) is 1. The van der Waals surface area contributed by atoms with Gasteiger partial charge in [0, 0.05) is 23.4 Å². The molecule has 1 N–H and O–H groups in total. The fourth-order valence-corrected chi connectivity index (χ4v) is 3.24. The minimum absolute atomic E-state index is 0.115. The van der Waals surface area contributed by atoms with Crippen molar-refractivity contribution in [3.63, 3.8) is 0 Å². The SMILES string of the molecule is O=C(C=Cc1cc2ccccc2o1)NC1CCOc2c(Cl)cccc21. The Morgan fingerprint density at radius 3 is 2.96 bits per heavy atom. The van der Waals surface area contributed by atoms with E-state index >= 15 is 0 Å². The Labute approximate surface area is 150 Å². The molecule has 1 amide bonds. The second-order valence-electron chi connectivity index (χ2n) is 5.88. The highest BCUT2D eigenvalue weighted by Crippen LogP contribution is 2.37. The summed E-state index contributed by atoms with van der Waals surface area (Å²) in [6, 6.07) is 15.1. The summed E-state index contributed by atoms with van der Waals surface area (Å²) in [5.74, 6) is 1.12. The van der Waals surface area contributed by atoms with Gasteiger partial charge in [-0.05, 0) is 24.3 Å². The summed E-state index contributed by atoms with van der Waals surface area (Å²) < 4.78 is 11.3. The third kappa shape index (κ3) is 3.26. The summed E-state index contributed by atoms with van der Waals surface area (Å²) in [7, 11) is 0. The Morgan fingerprint density at radius 2 is 2.08 bits per heavy atom. The summed E-state index contributed by atoms with van der Waals surface area (Å²) in [5.41, 5.74) is 1.71. The molecule has 4 rings (SSSR count). The summed E-state index contributed by atoms with van der Waals surface area (Å²) in [6.45, 7) is 0.523. The van der Waals surface area contributed by atoms with Gasteiger partial charge in [0.05, 0.1) is 17.7 Å². The van der Waals surface area contributed by atoms with E-state index in [2.05, 4.69) is 5.32 Å². The number of carbonyl (C=O) groups is 1. The molecule has 2 aromatic carbocycles. The number of hydrogen-bond donors (Lipinski definition) is 1. The lowest BCUT2D eigenvalue weighted by atomic mass is 10.0. The van der Waals surface area contributed by atoms with Gasteiger partial charge in [0.1, 0.15) is 17.1 Å². The van der Waals surface area contributed by atoms with Crippen LogP contribution in [0.15, 0.2) is 59.0 Å². The van der Waals surface area contributed by atoms with Crippen molar-refractivity contribution >= 4 is 34.6 Å². The van der Waals surface area contributed by atoms with E-state index in [1.807, 2.05) is 42.5 Å². The van der Waals surface area contributed by atoms with Crippen LogP contribution >= 0.6 is 11.6 Å². The molecule has 1 unspecified atom stereocenters. The van der Waals surface area contributed by atoms with Crippen LogP contribution in [0.3, 0.4) is 0 Å². The third-order valence-electron chi connectivity index (χ3n) is 4.19. The van der Waals surface area contributed by atoms with Crippen molar-refractivity contribution in [3.8, 4) is 5.75 Å². The van der Waals surface area contributed by atoms with Crippen LogP contribution in [0, 0.1) is 0 Å². The molecular formula is C20H16ClNO3. The zero-order valence-corrected chi connectivity index (χ0v) is 14.1. The number of halogens is 1. The molecule has 25 heavy (non-hydrogen) atoms. The minimum Gasteiger partial charge on any atom is -0.492 e. The van der Waals surface area contributed by atoms with Gasteiger partial charge in [-0.3, -0.25) is 4.79 Å². The van der Waals surface area contributed by atoms with Gasteiger partial charge in [0.25, 0.3) is 0 Å². The van der Waals surface area contributed by atoms with E-state index in [4.69, 9.17) is 20.8 Å². The standard InChI is InChI=1S/C20H16ClNO3/c21-16-6-3-5-15-17(10-11-24-20(15)16)22-19(23)9-8-14-12-13-4-1-2-7-18(13)25-14/h1-9,12,17H,10-11H2,(H,22,23). The number of rotatable bonds is 3. The van der Waals surface area contributed by atoms with Crippen molar-refractivity contribution < 1.29 is 13.9 Å². The van der Waals surface area contributed by atoms with Gasteiger partial charge < -0.3 is 14.5 Å². The molecule has 0 saturated heterocycles. The lowest BCUT2D eigenvalue weighted by Crippen LogP contribution is -2.31. The summed E-state index contributed by atoms with van der Waals surface area (Å²) in [6.07, 6.45) is 3.86. The van der Waals surface area contributed by atoms with Crippen molar-refractivity contribution in [1.82, 2.24) is 5.32 Å². The number of hydrogen-bond acceptors (Lipinski definition) is 3. The van der Waals surface area contributed by atoms with E-state index in [1.165, 1.54) is 6.08 Å². The molecule has 3 aromatic rings. The van der Waals surface area contributed by atoms with Crippen LogP contribution in [-0.2, 0) is 4.79 Å². The molecule has 2 heterocycles. The fourth-order valence-electron chi connectivity index (χ4n) is 3.00. The second-order valence-corrected chi connectivity index (χ2v) is 6.28. The molecule has 0 bridgehead atoms. The van der Waals surface area contributed by atoms with Gasteiger partial charge >= 0.3 is 0 Å². The molecule has 1 aliphatic rings. The maximum atomic E-state index is 12.3. The maximum absolute atomic E-state index is 12.3. The third-order valence-corrected chi connectivity index (χ3v) is 4.48. The van der Waals surface area contributed by atoms with Gasteiger partial charge in [-0.2, -0.15) is 0 Å². The number of fused-ring (bicyclic) bond motifs is 2. The monoisotopic (exact) mass is 353 g/mol. The van der Waals surface area contributed by atoms with Crippen molar-refractivity contribution in [2.24, 2.45) is 0 Å². The molecule has 0 aliphatic carbocycles. The van der Waals surface area contributed by atoms with Crippen LogP contribution in [0.1, 0.15) is 23.8 Å². The van der Waals surface area contributed by atoms with Crippen LogP contribution in [0.5, 0.6) is 5.75 Å². The van der Waals surface area contributed by atoms with Crippen molar-refractivity contribution in [3.05, 3.63) is 71.0 Å². The Bertz CT molecular complexity index is 927. The zero-order chi connectivity index (χ0) is 17.2. The fraction of sp³-hybridized carbons (Fsp3) is 0.150. The normalized spacial score (nSPS) is 16.6. The summed E-state index contributed by atoms with van der Waals surface area (Å²) in [5, 5.41) is 4.57. The first-order chi connectivity index (χ1) is 12.2. The minimum atomic E-state index is -0.182. The summed E-state index contributed by atoms with van der Waals surface area (Å²) in [4.78, 5) is 12.3. The van der Waals surface area contributed by atoms with Gasteiger partial charge in [-0.1, -0.05) is 41.9 Å². The van der Waals surface area contributed by atoms with Gasteiger partial charge in [-0.25, -0.2) is 0 Å². The first-order valence-electron chi connectivity index (χ1n) is 8.09. The average Bonchev–Trinajstić information content (AvgIpc) is 3.04. The quantitative estimate of drug-likeness (QED) is 0.692. The van der Waals surface area contributed by atoms with Crippen LogP contribution in [0.4, 0.5) is 0 Å². The topological polar surface area (TPSA) is 51.5 Å². The predicted molar refractivity (Wildman–Crippen MR) is 97.7 cm³/mol. The predicted octanol–water partition coefficient (Wildman–Crippen LogP) is 4.74. The highest BCUT2D eigenvalue weighted by molar-refractivity contribution is 6.32. The highest BCUT2D eigenvalue weighted by Gasteiger charge is 2.24. The molecule has 1 atom stereocenters. The molecule has 126 valence electrons. The molecule has 0 spiro atoms. The van der Waals surface area contributed by atoms with Crippen molar-refractivity contribution in [1.29, 1.82) is 0 Å². The summed E-state index contributed by atoms with van der Waals surface area (Å²) >= 11 is 6.16. The molecule has 0 saturated carbocycles. The Balaban J connectivity index is 1.49. The molecule has 1 aliphatic heterocycles. The molecule has 4 nitrogen and oxygen atoms in total. The Kier molecular flexibility index (Phi) is 4.20. The lowest BCUT2D eigenvalue weighted by molar-refractivity contribution is -0.117. The number of amides is 1. The number of ether oxygens (including phenoxy) is 1. The Morgan fingerprint density at radius 1 is 1.20 bits per heavy atom. The van der Waals surface area contributed by atoms with Crippen LogP contribution in [0.2, 0.25) is 5.02 Å². The van der Waals surface area contributed by atoms with Crippen molar-refractivity contribution in [2.45, 2.75) is 12.5 Å². The first kappa shape index (κ1) is 15.8. The smallest absolute Gasteiger partial charge is 0.244 e. The highest BCUT2D eigenvalue weighted by atomic mass is 35.5. The average molecular weight is 354 g/mol. The molecular weight excluding hydrogens is 338 g/mol. The van der Waals surface area contributed by atoms with Crippen LogP contribution < -0.4 is 10.1 Å². The van der Waals surface area contributed by atoms with E-state index in [0.717, 1.165) is 16.5 Å². The van der Waals surface area contributed by atoms with E-state index in [9.17, 15) is 4.79 Å². The van der Waals surface area contributed by atoms with Gasteiger partial charge in [-0.15, -0.1) is 0 Å². The number of furan rings is 1. The van der Waals surface area contributed by atoms with Crippen LogP contribution in [-0.4, -0.2) is 12.5 Å². The van der Waals surface area contributed by atoms with Crippen LogP contribution in [0.25, 0.3) is 17.0 Å². The largest absolute Gasteiger partial charge is 0.492 e. The van der Waals surface area contributed by atoms with E-state index < -0.39 is 0 Å². The lowest BCUT2D eigenvalue weighted by Gasteiger charge is -2.26. The molecule has 5 heteroatoms. The second kappa shape index (κ2) is 6.65. The number of para-hydroxylation sites is 2. The molecule has 0 radical (unpaired) electrons. The number of benzene rings is 2.